The van der Waals surface area contributed by atoms with Gasteiger partial charge in [-0.25, -0.2) is 9.18 Å². The van der Waals surface area contributed by atoms with Gasteiger partial charge in [0.1, 0.15) is 5.82 Å². The summed E-state index contributed by atoms with van der Waals surface area (Å²) in [6, 6.07) is 4.67. The van der Waals surface area contributed by atoms with E-state index in [1.807, 2.05) is 0 Å². The minimum Gasteiger partial charge on any atom is -0.478 e. The third-order valence-electron chi connectivity index (χ3n) is 1.09. The average Bonchev–Trinajstić information content (AvgIpc) is 1.88. The van der Waals surface area contributed by atoms with Crippen LogP contribution in [-0.2, 0) is 0 Å². The van der Waals surface area contributed by atoms with E-state index in [9.17, 15) is 9.18 Å². The van der Waals surface area contributed by atoms with Gasteiger partial charge in [-0.15, -0.1) is 17.0 Å². The standard InChI is InChI=1S/C7H5FO2.BrH/c8-6-3-1-5(2-4-6)7(9)10;/h1-4H,(H,9,10);1H. The molecule has 0 aliphatic rings. The van der Waals surface area contributed by atoms with E-state index in [1.165, 1.54) is 12.1 Å². The fraction of sp³-hybridized carbons (Fsp3) is 0. The van der Waals surface area contributed by atoms with Crippen LogP contribution in [0.3, 0.4) is 0 Å². The Labute approximate surface area is 73.4 Å². The summed E-state index contributed by atoms with van der Waals surface area (Å²) >= 11 is 0. The maximum Gasteiger partial charge on any atom is 0.335 e. The van der Waals surface area contributed by atoms with Crippen molar-refractivity contribution in [2.75, 3.05) is 0 Å². The fourth-order valence-corrected chi connectivity index (χ4v) is 0.592. The summed E-state index contributed by atoms with van der Waals surface area (Å²) < 4.78 is 12.2. The van der Waals surface area contributed by atoms with E-state index in [2.05, 4.69) is 0 Å². The first-order valence-corrected chi connectivity index (χ1v) is 2.69. The van der Waals surface area contributed by atoms with Crippen molar-refractivity contribution in [3.05, 3.63) is 35.6 Å². The van der Waals surface area contributed by atoms with Gasteiger partial charge in [0.05, 0.1) is 5.56 Å². The minimum absolute atomic E-state index is 0. The Bertz CT molecular complexity index is 245. The largest absolute Gasteiger partial charge is 0.478 e. The molecule has 0 unspecified atom stereocenters. The molecule has 0 spiro atoms. The minimum atomic E-state index is -1.04. The highest BCUT2D eigenvalue weighted by molar-refractivity contribution is 8.93. The summed E-state index contributed by atoms with van der Waals surface area (Å²) in [6.07, 6.45) is 0. The number of rotatable bonds is 1. The van der Waals surface area contributed by atoms with E-state index < -0.39 is 11.8 Å². The number of carboxylic acid groups (broad SMARTS) is 1. The van der Waals surface area contributed by atoms with E-state index in [0.29, 0.717) is 0 Å². The number of benzene rings is 1. The number of carboxylic acids is 1. The molecule has 0 aliphatic heterocycles. The monoisotopic (exact) mass is 220 g/mol. The molecule has 0 fully saturated rings. The van der Waals surface area contributed by atoms with E-state index in [-0.39, 0.29) is 22.5 Å². The molecule has 0 bridgehead atoms. The molecule has 0 atom stereocenters. The first-order chi connectivity index (χ1) is 4.70. The zero-order chi connectivity index (χ0) is 7.56. The predicted octanol–water partition coefficient (Wildman–Crippen LogP) is 2.10. The van der Waals surface area contributed by atoms with Crippen LogP contribution in [0.1, 0.15) is 10.4 Å². The van der Waals surface area contributed by atoms with Crippen LogP contribution in [-0.4, -0.2) is 11.1 Å². The molecule has 0 saturated heterocycles. The van der Waals surface area contributed by atoms with Gasteiger partial charge in [-0.05, 0) is 24.3 Å². The molecular formula is C7H6BrFO2. The SMILES string of the molecule is Br.O=C(O)c1ccc(F)cc1. The van der Waals surface area contributed by atoms with E-state index >= 15 is 0 Å². The summed E-state index contributed by atoms with van der Waals surface area (Å²) in [5.74, 6) is -1.47. The van der Waals surface area contributed by atoms with Crippen LogP contribution < -0.4 is 0 Å². The topological polar surface area (TPSA) is 37.3 Å². The molecule has 1 rings (SSSR count). The highest BCUT2D eigenvalue weighted by atomic mass is 79.9. The van der Waals surface area contributed by atoms with Crippen LogP contribution in [0.2, 0.25) is 0 Å². The molecule has 60 valence electrons. The Kier molecular flexibility index (Phi) is 3.74. The summed E-state index contributed by atoms with van der Waals surface area (Å²) in [5, 5.41) is 8.35. The van der Waals surface area contributed by atoms with Gasteiger partial charge in [0.2, 0.25) is 0 Å². The molecule has 1 N–H and O–H groups in total. The molecule has 0 amide bonds. The predicted molar refractivity (Wildman–Crippen MR) is 43.7 cm³/mol. The van der Waals surface area contributed by atoms with Crippen LogP contribution in [0.25, 0.3) is 0 Å². The number of hydrogen-bond donors (Lipinski definition) is 1. The average molecular weight is 221 g/mol. The maximum atomic E-state index is 12.2. The van der Waals surface area contributed by atoms with Crippen molar-refractivity contribution >= 4 is 23.0 Å². The normalized spacial score (nSPS) is 8.45. The highest BCUT2D eigenvalue weighted by Gasteiger charge is 1.99. The Morgan fingerprint density at radius 3 is 2.09 bits per heavy atom. The van der Waals surface area contributed by atoms with Crippen LogP contribution in [0.5, 0.6) is 0 Å². The Hall–Kier alpha value is -0.900. The lowest BCUT2D eigenvalue weighted by Gasteiger charge is -1.90. The molecule has 0 heterocycles. The van der Waals surface area contributed by atoms with E-state index in [0.717, 1.165) is 12.1 Å². The lowest BCUT2D eigenvalue weighted by atomic mass is 10.2. The molecule has 0 radical (unpaired) electrons. The van der Waals surface area contributed by atoms with Gasteiger partial charge in [0, 0.05) is 0 Å². The second-order valence-electron chi connectivity index (χ2n) is 1.81. The van der Waals surface area contributed by atoms with Crippen LogP contribution in [0.15, 0.2) is 24.3 Å². The zero-order valence-corrected chi connectivity index (χ0v) is 7.16. The molecule has 2 nitrogen and oxygen atoms in total. The van der Waals surface area contributed by atoms with Crippen LogP contribution >= 0.6 is 17.0 Å². The molecule has 1 aromatic rings. The Morgan fingerprint density at radius 1 is 1.27 bits per heavy atom. The molecule has 4 heteroatoms. The Morgan fingerprint density at radius 2 is 1.73 bits per heavy atom. The summed E-state index contributed by atoms with van der Waals surface area (Å²) in [5.41, 5.74) is 0.0985. The van der Waals surface area contributed by atoms with Gasteiger partial charge in [-0.2, -0.15) is 0 Å². The second-order valence-corrected chi connectivity index (χ2v) is 1.81. The third kappa shape index (κ3) is 2.67. The molecular weight excluding hydrogens is 215 g/mol. The van der Waals surface area contributed by atoms with E-state index in [4.69, 9.17) is 5.11 Å². The van der Waals surface area contributed by atoms with Crippen molar-refractivity contribution in [1.82, 2.24) is 0 Å². The van der Waals surface area contributed by atoms with Gasteiger partial charge < -0.3 is 5.11 Å². The van der Waals surface area contributed by atoms with Crippen LogP contribution in [0.4, 0.5) is 4.39 Å². The van der Waals surface area contributed by atoms with E-state index in [1.54, 1.807) is 0 Å². The number of aromatic carboxylic acids is 1. The van der Waals surface area contributed by atoms with Gasteiger partial charge in [0.15, 0.2) is 0 Å². The van der Waals surface area contributed by atoms with Gasteiger partial charge in [-0.1, -0.05) is 0 Å². The molecule has 1 aromatic carbocycles. The maximum absolute atomic E-state index is 12.2. The summed E-state index contributed by atoms with van der Waals surface area (Å²) in [6.45, 7) is 0. The van der Waals surface area contributed by atoms with Gasteiger partial charge in [-0.3, -0.25) is 0 Å². The number of halogens is 2. The van der Waals surface area contributed by atoms with Crippen molar-refractivity contribution in [3.63, 3.8) is 0 Å². The van der Waals surface area contributed by atoms with Crippen molar-refractivity contribution < 1.29 is 14.3 Å². The van der Waals surface area contributed by atoms with Crippen LogP contribution in [0, 0.1) is 5.82 Å². The van der Waals surface area contributed by atoms with Crippen molar-refractivity contribution in [2.45, 2.75) is 0 Å². The smallest absolute Gasteiger partial charge is 0.335 e. The lowest BCUT2D eigenvalue weighted by Crippen LogP contribution is -1.94. The Balaban J connectivity index is 0.000001000. The highest BCUT2D eigenvalue weighted by Crippen LogP contribution is 2.01. The first kappa shape index (κ1) is 10.1. The molecule has 11 heavy (non-hydrogen) atoms. The third-order valence-corrected chi connectivity index (χ3v) is 1.09. The van der Waals surface area contributed by atoms with Crippen molar-refractivity contribution in [3.8, 4) is 0 Å². The number of carbonyl (C=O) groups is 1. The number of hydrogen-bond acceptors (Lipinski definition) is 1. The van der Waals surface area contributed by atoms with Crippen molar-refractivity contribution in [2.24, 2.45) is 0 Å². The fourth-order valence-electron chi connectivity index (χ4n) is 0.592. The van der Waals surface area contributed by atoms with Gasteiger partial charge >= 0.3 is 5.97 Å². The van der Waals surface area contributed by atoms with Gasteiger partial charge in [0.25, 0.3) is 0 Å². The lowest BCUT2D eigenvalue weighted by molar-refractivity contribution is 0.0697. The molecule has 0 saturated carbocycles. The molecule has 0 aromatic heterocycles. The summed E-state index contributed by atoms with van der Waals surface area (Å²) in [4.78, 5) is 10.2. The second kappa shape index (κ2) is 4.08. The summed E-state index contributed by atoms with van der Waals surface area (Å²) in [7, 11) is 0. The van der Waals surface area contributed by atoms with Crippen molar-refractivity contribution in [1.29, 1.82) is 0 Å². The quantitative estimate of drug-likeness (QED) is 0.788. The zero-order valence-electron chi connectivity index (χ0n) is 5.45. The molecule has 0 aliphatic carbocycles. The first-order valence-electron chi connectivity index (χ1n) is 2.69.